The molecule has 3 amide bonds. The number of anilines is 1. The SMILES string of the molecule is Cc1ccc(N2C(=O)CN(Cc3ccc(OC4CCN(CC5CC5)CC4)nc3)C2=O)c(Cl)c1. The van der Waals surface area contributed by atoms with Crippen molar-refractivity contribution in [3.63, 3.8) is 0 Å². The number of hydrogen-bond acceptors (Lipinski definition) is 5. The van der Waals surface area contributed by atoms with E-state index in [0.29, 0.717) is 23.1 Å². The van der Waals surface area contributed by atoms with Crippen molar-refractivity contribution < 1.29 is 14.3 Å². The third-order valence-electron chi connectivity index (χ3n) is 6.59. The summed E-state index contributed by atoms with van der Waals surface area (Å²) in [5, 5.41) is 0.389. The molecule has 0 spiro atoms. The minimum atomic E-state index is -0.371. The van der Waals surface area contributed by atoms with E-state index in [-0.39, 0.29) is 24.6 Å². The Bertz CT molecular complexity index is 1030. The molecule has 33 heavy (non-hydrogen) atoms. The summed E-state index contributed by atoms with van der Waals surface area (Å²) in [6.07, 6.45) is 6.75. The first-order valence-electron chi connectivity index (χ1n) is 11.7. The number of carbonyl (C=O) groups excluding carboxylic acids is 2. The largest absolute Gasteiger partial charge is 0.474 e. The van der Waals surface area contributed by atoms with Crippen LogP contribution < -0.4 is 9.64 Å². The van der Waals surface area contributed by atoms with Gasteiger partial charge in [-0.15, -0.1) is 0 Å². The van der Waals surface area contributed by atoms with E-state index in [2.05, 4.69) is 9.88 Å². The summed E-state index contributed by atoms with van der Waals surface area (Å²) in [5.41, 5.74) is 2.24. The van der Waals surface area contributed by atoms with Gasteiger partial charge in [0.15, 0.2) is 0 Å². The zero-order valence-electron chi connectivity index (χ0n) is 18.9. The average molecular weight is 469 g/mol. The number of rotatable bonds is 7. The third kappa shape index (κ3) is 5.14. The van der Waals surface area contributed by atoms with E-state index in [1.807, 2.05) is 25.1 Å². The van der Waals surface area contributed by atoms with Gasteiger partial charge in [0.05, 0.1) is 10.7 Å². The highest BCUT2D eigenvalue weighted by atomic mass is 35.5. The molecule has 0 atom stereocenters. The molecule has 0 unspecified atom stereocenters. The number of aryl methyl sites for hydroxylation is 1. The lowest BCUT2D eigenvalue weighted by Crippen LogP contribution is -2.39. The number of carbonyl (C=O) groups is 2. The van der Waals surface area contributed by atoms with E-state index in [0.717, 1.165) is 47.9 Å². The molecule has 7 nitrogen and oxygen atoms in total. The van der Waals surface area contributed by atoms with Gasteiger partial charge in [0.25, 0.3) is 5.91 Å². The lowest BCUT2D eigenvalue weighted by atomic mass is 10.1. The first kappa shape index (κ1) is 22.2. The first-order chi connectivity index (χ1) is 16.0. The Labute approximate surface area is 199 Å². The summed E-state index contributed by atoms with van der Waals surface area (Å²) in [6.45, 7) is 5.65. The second-order valence-electron chi connectivity index (χ2n) is 9.39. The Balaban J connectivity index is 1.16. The maximum atomic E-state index is 12.9. The molecule has 2 aliphatic heterocycles. The molecule has 5 rings (SSSR count). The van der Waals surface area contributed by atoms with E-state index in [1.54, 1.807) is 18.3 Å². The quantitative estimate of drug-likeness (QED) is 0.568. The van der Waals surface area contributed by atoms with Crippen LogP contribution in [0.2, 0.25) is 5.02 Å². The maximum Gasteiger partial charge on any atom is 0.332 e. The molecule has 3 aliphatic rings. The van der Waals surface area contributed by atoms with Crippen molar-refractivity contribution in [2.24, 2.45) is 5.92 Å². The van der Waals surface area contributed by atoms with Crippen LogP contribution in [0.15, 0.2) is 36.5 Å². The Kier molecular flexibility index (Phi) is 6.25. The topological polar surface area (TPSA) is 66.0 Å². The van der Waals surface area contributed by atoms with Gasteiger partial charge in [-0.3, -0.25) is 4.79 Å². The van der Waals surface area contributed by atoms with Crippen LogP contribution in [0, 0.1) is 12.8 Å². The Morgan fingerprint density at radius 2 is 1.88 bits per heavy atom. The zero-order valence-corrected chi connectivity index (χ0v) is 19.6. The predicted molar refractivity (Wildman–Crippen MR) is 127 cm³/mol. The fourth-order valence-corrected chi connectivity index (χ4v) is 4.86. The second-order valence-corrected chi connectivity index (χ2v) is 9.80. The van der Waals surface area contributed by atoms with Crippen molar-refractivity contribution >= 4 is 29.2 Å². The molecule has 1 aromatic heterocycles. The summed E-state index contributed by atoms with van der Waals surface area (Å²) >= 11 is 6.29. The molecule has 8 heteroatoms. The average Bonchev–Trinajstić information content (AvgIpc) is 3.57. The fraction of sp³-hybridized carbons (Fsp3) is 0.480. The predicted octanol–water partition coefficient (Wildman–Crippen LogP) is 4.27. The molecular weight excluding hydrogens is 440 g/mol. The summed E-state index contributed by atoms with van der Waals surface area (Å²) in [7, 11) is 0. The van der Waals surface area contributed by atoms with Gasteiger partial charge < -0.3 is 14.5 Å². The van der Waals surface area contributed by atoms with Gasteiger partial charge >= 0.3 is 6.03 Å². The van der Waals surface area contributed by atoms with Crippen molar-refractivity contribution in [2.75, 3.05) is 31.1 Å². The minimum absolute atomic E-state index is 0.0146. The highest BCUT2D eigenvalue weighted by Gasteiger charge is 2.38. The monoisotopic (exact) mass is 468 g/mol. The molecule has 3 heterocycles. The van der Waals surface area contributed by atoms with Crippen LogP contribution >= 0.6 is 11.6 Å². The molecule has 0 bridgehead atoms. The zero-order chi connectivity index (χ0) is 22.9. The molecule has 2 aromatic rings. The molecule has 1 aromatic carbocycles. The number of benzene rings is 1. The minimum Gasteiger partial charge on any atom is -0.474 e. The summed E-state index contributed by atoms with van der Waals surface area (Å²) < 4.78 is 6.09. The molecule has 3 fully saturated rings. The van der Waals surface area contributed by atoms with Crippen LogP contribution in [0.5, 0.6) is 5.88 Å². The molecule has 1 saturated carbocycles. The number of nitrogens with zero attached hydrogens (tertiary/aromatic N) is 4. The molecule has 1 aliphatic carbocycles. The maximum absolute atomic E-state index is 12.9. The van der Waals surface area contributed by atoms with Crippen molar-refractivity contribution in [3.8, 4) is 5.88 Å². The number of halogens is 1. The summed E-state index contributed by atoms with van der Waals surface area (Å²) in [4.78, 5) is 35.1. The molecule has 174 valence electrons. The Morgan fingerprint density at radius 1 is 1.09 bits per heavy atom. The fourth-order valence-electron chi connectivity index (χ4n) is 4.54. The lowest BCUT2D eigenvalue weighted by molar-refractivity contribution is -0.116. The molecule has 2 saturated heterocycles. The van der Waals surface area contributed by atoms with E-state index in [4.69, 9.17) is 16.3 Å². The number of pyridine rings is 1. The van der Waals surface area contributed by atoms with Gasteiger partial charge in [0.1, 0.15) is 12.6 Å². The standard InChI is InChI=1S/C25H29ClN4O3/c1-17-2-6-22(21(26)12-17)30-24(31)16-29(25(30)32)15-19-5-7-23(27-13-19)33-20-8-10-28(11-9-20)14-18-3-4-18/h2,5-7,12-13,18,20H,3-4,8-11,14-16H2,1H3. The van der Waals surface area contributed by atoms with Gasteiger partial charge in [-0.1, -0.05) is 23.7 Å². The van der Waals surface area contributed by atoms with Gasteiger partial charge in [-0.2, -0.15) is 0 Å². The summed E-state index contributed by atoms with van der Waals surface area (Å²) in [5.74, 6) is 1.25. The van der Waals surface area contributed by atoms with Crippen LogP contribution in [0.1, 0.15) is 36.8 Å². The second kappa shape index (κ2) is 9.31. The normalized spacial score (nSPS) is 20.1. The number of aromatic nitrogens is 1. The van der Waals surface area contributed by atoms with Crippen LogP contribution in [-0.4, -0.2) is 59.0 Å². The Hall–Kier alpha value is -2.64. The Morgan fingerprint density at radius 3 is 2.55 bits per heavy atom. The number of urea groups is 1. The molecule has 0 radical (unpaired) electrons. The smallest absolute Gasteiger partial charge is 0.332 e. The van der Waals surface area contributed by atoms with E-state index in [9.17, 15) is 9.59 Å². The number of ether oxygens (including phenoxy) is 1. The van der Waals surface area contributed by atoms with E-state index >= 15 is 0 Å². The van der Waals surface area contributed by atoms with Crippen molar-refractivity contribution in [2.45, 2.75) is 45.3 Å². The first-order valence-corrected chi connectivity index (χ1v) is 12.1. The number of likely N-dealkylation sites (tertiary alicyclic amines) is 1. The lowest BCUT2D eigenvalue weighted by Gasteiger charge is -2.31. The van der Waals surface area contributed by atoms with Gasteiger partial charge in [-0.25, -0.2) is 14.7 Å². The van der Waals surface area contributed by atoms with E-state index in [1.165, 1.54) is 24.3 Å². The number of hydrogen-bond donors (Lipinski definition) is 0. The summed E-state index contributed by atoms with van der Waals surface area (Å²) in [6, 6.07) is 8.68. The van der Waals surface area contributed by atoms with Crippen molar-refractivity contribution in [3.05, 3.63) is 52.7 Å². The van der Waals surface area contributed by atoms with E-state index < -0.39 is 0 Å². The third-order valence-corrected chi connectivity index (χ3v) is 6.89. The number of imide groups is 1. The van der Waals surface area contributed by atoms with Crippen LogP contribution in [0.3, 0.4) is 0 Å². The number of piperidine rings is 1. The molecule has 0 N–H and O–H groups in total. The van der Waals surface area contributed by atoms with Crippen LogP contribution in [-0.2, 0) is 11.3 Å². The highest BCUT2D eigenvalue weighted by Crippen LogP contribution is 2.32. The number of amides is 3. The van der Waals surface area contributed by atoms with Crippen molar-refractivity contribution in [1.82, 2.24) is 14.8 Å². The highest BCUT2D eigenvalue weighted by molar-refractivity contribution is 6.35. The van der Waals surface area contributed by atoms with Crippen LogP contribution in [0.25, 0.3) is 0 Å². The van der Waals surface area contributed by atoms with Crippen molar-refractivity contribution in [1.29, 1.82) is 0 Å². The van der Waals surface area contributed by atoms with Crippen LogP contribution in [0.4, 0.5) is 10.5 Å². The molecular formula is C25H29ClN4O3. The van der Waals surface area contributed by atoms with Gasteiger partial charge in [-0.05, 0) is 61.8 Å². The van der Waals surface area contributed by atoms with Gasteiger partial charge in [0, 0.05) is 38.4 Å². The van der Waals surface area contributed by atoms with Gasteiger partial charge in [0.2, 0.25) is 5.88 Å².